The highest BCUT2D eigenvalue weighted by molar-refractivity contribution is 9.10. The van der Waals surface area contributed by atoms with Gasteiger partial charge in [0.25, 0.3) is 11.1 Å². The maximum Gasteiger partial charge on any atom is 0.286 e. The van der Waals surface area contributed by atoms with Gasteiger partial charge in [0.1, 0.15) is 20.6 Å². The van der Waals surface area contributed by atoms with Crippen LogP contribution in [0.25, 0.3) is 23.5 Å². The highest BCUT2D eigenvalue weighted by atomic mass is 79.9. The standard InChI is InChI=1S/C26H29BrFN3O.C25H27BrFN3O/c1-2-30-24(25(27)26(32)31(30)23-9-4-3-5-10-23)19-29-17-15-21(16-18-29)8-6-7-20-11-13-22(28)14-12-20;1-28-23(24(26)25(31)30(28)22-8-3-2-4-9-22)18-29-16-14-20(15-17-29)7-5-6-19-10-12-21(27)13-11-19/h3-7,9-14,21H,2,8,15-19H2,1H3;2-6,8-13,20H,7,14-18H2,1H3/b7-6+;6-5+. The van der Waals surface area contributed by atoms with E-state index in [1.54, 1.807) is 33.6 Å². The van der Waals surface area contributed by atoms with Crippen LogP contribution in [0, 0.1) is 23.5 Å². The summed E-state index contributed by atoms with van der Waals surface area (Å²) in [6.45, 7) is 8.42. The summed E-state index contributed by atoms with van der Waals surface area (Å²) in [6.07, 6.45) is 15.2. The summed E-state index contributed by atoms with van der Waals surface area (Å²) < 4.78 is 34.9. The van der Waals surface area contributed by atoms with E-state index >= 15 is 0 Å². The number of piperidine rings is 2. The van der Waals surface area contributed by atoms with Crippen molar-refractivity contribution in [1.29, 1.82) is 0 Å². The Kier molecular flexibility index (Phi) is 16.2. The number of hydrogen-bond donors (Lipinski definition) is 0. The first-order valence-electron chi connectivity index (χ1n) is 22.0. The molecule has 0 saturated carbocycles. The number of allylic oxidation sites excluding steroid dienone is 2. The average Bonchev–Trinajstić information content (AvgIpc) is 3.67. The Morgan fingerprint density at radius 1 is 0.571 bits per heavy atom. The van der Waals surface area contributed by atoms with Gasteiger partial charge in [-0.1, -0.05) is 85.0 Å². The quantitative estimate of drug-likeness (QED) is 0.116. The molecule has 63 heavy (non-hydrogen) atoms. The van der Waals surface area contributed by atoms with Crippen molar-refractivity contribution in [1.82, 2.24) is 28.5 Å². The maximum atomic E-state index is 13.0. The third-order valence-electron chi connectivity index (χ3n) is 12.3. The summed E-state index contributed by atoms with van der Waals surface area (Å²) in [5.41, 5.74) is 5.84. The molecule has 4 heterocycles. The molecule has 0 bridgehead atoms. The number of halogens is 4. The van der Waals surface area contributed by atoms with Crippen molar-refractivity contribution in [2.75, 3.05) is 26.2 Å². The summed E-state index contributed by atoms with van der Waals surface area (Å²) in [6, 6.07) is 32.7. The van der Waals surface area contributed by atoms with Crippen molar-refractivity contribution in [2.24, 2.45) is 18.9 Å². The van der Waals surface area contributed by atoms with E-state index in [2.05, 4.69) is 77.6 Å². The van der Waals surface area contributed by atoms with Crippen molar-refractivity contribution in [3.8, 4) is 11.4 Å². The molecule has 0 spiro atoms. The number of likely N-dealkylation sites (tertiary alicyclic amines) is 2. The first-order valence-corrected chi connectivity index (χ1v) is 23.5. The second-order valence-corrected chi connectivity index (χ2v) is 18.1. The molecule has 4 aromatic carbocycles. The molecule has 2 saturated heterocycles. The number of aromatic nitrogens is 4. The van der Waals surface area contributed by atoms with Crippen LogP contribution in [-0.4, -0.2) is 54.7 Å². The molecule has 2 aliphatic heterocycles. The van der Waals surface area contributed by atoms with E-state index in [1.165, 1.54) is 24.3 Å². The molecule has 0 radical (unpaired) electrons. The Labute approximate surface area is 386 Å². The zero-order chi connectivity index (χ0) is 44.3. The van der Waals surface area contributed by atoms with E-state index < -0.39 is 0 Å². The molecular formula is C51H56Br2F2N6O2. The van der Waals surface area contributed by atoms with Crippen LogP contribution in [0.3, 0.4) is 0 Å². The van der Waals surface area contributed by atoms with Crippen molar-refractivity contribution < 1.29 is 8.78 Å². The van der Waals surface area contributed by atoms with Crippen molar-refractivity contribution >= 4 is 44.0 Å². The van der Waals surface area contributed by atoms with Crippen LogP contribution in [0.5, 0.6) is 0 Å². The molecule has 0 unspecified atom stereocenters. The highest BCUT2D eigenvalue weighted by Crippen LogP contribution is 2.27. The minimum atomic E-state index is -0.201. The van der Waals surface area contributed by atoms with Gasteiger partial charge in [-0.05, 0) is 175 Å². The van der Waals surface area contributed by atoms with Gasteiger partial charge in [-0.3, -0.25) is 28.8 Å². The van der Waals surface area contributed by atoms with Crippen LogP contribution in [0.1, 0.15) is 68.0 Å². The minimum Gasteiger partial charge on any atom is -0.297 e. The molecule has 2 aromatic heterocycles. The largest absolute Gasteiger partial charge is 0.297 e. The second-order valence-electron chi connectivity index (χ2n) is 16.5. The Balaban J connectivity index is 0.000000189. The van der Waals surface area contributed by atoms with E-state index in [0.29, 0.717) is 20.8 Å². The Morgan fingerprint density at radius 2 is 0.968 bits per heavy atom. The Morgan fingerprint density at radius 3 is 1.41 bits per heavy atom. The lowest BCUT2D eigenvalue weighted by Crippen LogP contribution is -2.34. The number of para-hydroxylation sites is 2. The molecule has 8 rings (SSSR count). The summed E-state index contributed by atoms with van der Waals surface area (Å²) >= 11 is 7.11. The molecule has 6 aromatic rings. The van der Waals surface area contributed by atoms with Crippen LogP contribution in [0.4, 0.5) is 8.78 Å². The molecule has 0 atom stereocenters. The minimum absolute atomic E-state index is 0.00568. The maximum absolute atomic E-state index is 13.0. The van der Waals surface area contributed by atoms with Gasteiger partial charge in [0.05, 0.1) is 22.8 Å². The predicted octanol–water partition coefficient (Wildman–Crippen LogP) is 11.3. The third kappa shape index (κ3) is 11.8. The van der Waals surface area contributed by atoms with Gasteiger partial charge in [0.15, 0.2) is 0 Å². The topological polar surface area (TPSA) is 60.3 Å². The molecule has 0 aliphatic carbocycles. The van der Waals surface area contributed by atoms with Gasteiger partial charge in [0.2, 0.25) is 0 Å². The monoisotopic (exact) mass is 980 g/mol. The van der Waals surface area contributed by atoms with E-state index in [0.717, 1.165) is 118 Å². The van der Waals surface area contributed by atoms with Gasteiger partial charge >= 0.3 is 0 Å². The van der Waals surface area contributed by atoms with Gasteiger partial charge in [-0.25, -0.2) is 18.1 Å². The van der Waals surface area contributed by atoms with Gasteiger partial charge < -0.3 is 0 Å². The molecule has 330 valence electrons. The van der Waals surface area contributed by atoms with Gasteiger partial charge in [-0.15, -0.1) is 0 Å². The normalized spacial score (nSPS) is 15.7. The number of hydrogen-bond acceptors (Lipinski definition) is 4. The summed E-state index contributed by atoms with van der Waals surface area (Å²) in [5, 5.41) is 0. The SMILES string of the molecule is CCn1c(CN2CCC(C/C=C/c3ccc(F)cc3)CC2)c(Br)c(=O)n1-c1ccccc1.Cn1c(CN2CCC(C/C=C/c3ccc(F)cc3)CC2)c(Br)c(=O)n1-c1ccccc1. The summed E-state index contributed by atoms with van der Waals surface area (Å²) in [5.74, 6) is 0.921. The molecule has 0 amide bonds. The average molecular weight is 983 g/mol. The van der Waals surface area contributed by atoms with E-state index in [1.807, 2.05) is 72.4 Å². The molecule has 12 heteroatoms. The Bertz CT molecular complexity index is 2570. The first-order chi connectivity index (χ1) is 30.6. The fourth-order valence-corrected chi connectivity index (χ4v) is 9.69. The summed E-state index contributed by atoms with van der Waals surface area (Å²) in [4.78, 5) is 30.6. The van der Waals surface area contributed by atoms with Gasteiger partial charge in [-0.2, -0.15) is 0 Å². The first kappa shape index (κ1) is 46.1. The third-order valence-corrected chi connectivity index (χ3v) is 13.9. The van der Waals surface area contributed by atoms with E-state index in [9.17, 15) is 18.4 Å². The Hall–Kier alpha value is -4.88. The molecule has 8 nitrogen and oxygen atoms in total. The second kappa shape index (κ2) is 22.2. The van der Waals surface area contributed by atoms with E-state index in [-0.39, 0.29) is 22.8 Å². The highest BCUT2D eigenvalue weighted by Gasteiger charge is 2.25. The van der Waals surface area contributed by atoms with Crippen molar-refractivity contribution in [2.45, 2.75) is 65.1 Å². The van der Waals surface area contributed by atoms with Crippen molar-refractivity contribution in [3.05, 3.63) is 185 Å². The number of rotatable bonds is 13. The zero-order valence-corrected chi connectivity index (χ0v) is 39.2. The van der Waals surface area contributed by atoms with Gasteiger partial charge in [0, 0.05) is 26.7 Å². The van der Waals surface area contributed by atoms with Crippen LogP contribution in [0.2, 0.25) is 0 Å². The van der Waals surface area contributed by atoms with Crippen LogP contribution >= 0.6 is 31.9 Å². The fourth-order valence-electron chi connectivity index (χ4n) is 8.64. The smallest absolute Gasteiger partial charge is 0.286 e. The lowest BCUT2D eigenvalue weighted by atomic mass is 9.93. The fraction of sp³-hybridized carbons (Fsp3) is 0.333. The van der Waals surface area contributed by atoms with Crippen LogP contribution in [0.15, 0.2) is 140 Å². The predicted molar refractivity (Wildman–Crippen MR) is 258 cm³/mol. The lowest BCUT2D eigenvalue weighted by molar-refractivity contribution is 0.173. The molecule has 2 aliphatic rings. The number of benzene rings is 4. The molecule has 2 fully saturated rings. The van der Waals surface area contributed by atoms with E-state index in [4.69, 9.17) is 0 Å². The molecule has 0 N–H and O–H groups in total. The number of nitrogens with zero attached hydrogens (tertiary/aromatic N) is 6. The summed E-state index contributed by atoms with van der Waals surface area (Å²) in [7, 11) is 1.95. The molecular weight excluding hydrogens is 926 g/mol. The lowest BCUT2D eigenvalue weighted by Gasteiger charge is -2.31. The zero-order valence-electron chi connectivity index (χ0n) is 36.1. The van der Waals surface area contributed by atoms with Crippen LogP contribution in [-0.2, 0) is 26.7 Å². The van der Waals surface area contributed by atoms with Crippen LogP contribution < -0.4 is 11.1 Å². The van der Waals surface area contributed by atoms with Crippen molar-refractivity contribution in [3.63, 3.8) is 0 Å².